The summed E-state index contributed by atoms with van der Waals surface area (Å²) in [6.45, 7) is 9.35. The predicted molar refractivity (Wildman–Crippen MR) is 85.8 cm³/mol. The van der Waals surface area contributed by atoms with Crippen LogP contribution in [0.1, 0.15) is 40.5 Å². The Morgan fingerprint density at radius 1 is 1.32 bits per heavy atom. The second-order valence-electron chi connectivity index (χ2n) is 6.69. The van der Waals surface area contributed by atoms with Crippen LogP contribution in [0.25, 0.3) is 0 Å². The van der Waals surface area contributed by atoms with E-state index in [1.54, 1.807) is 18.9 Å². The number of amides is 1. The summed E-state index contributed by atoms with van der Waals surface area (Å²) in [7, 11) is -1.80. The van der Waals surface area contributed by atoms with E-state index >= 15 is 0 Å². The summed E-state index contributed by atoms with van der Waals surface area (Å²) < 4.78 is 32.9. The molecule has 0 aromatic rings. The summed E-state index contributed by atoms with van der Waals surface area (Å²) in [5.41, 5.74) is -0.492. The molecule has 7 nitrogen and oxygen atoms in total. The monoisotopic (exact) mass is 335 g/mol. The van der Waals surface area contributed by atoms with E-state index in [0.29, 0.717) is 26.2 Å². The van der Waals surface area contributed by atoms with Gasteiger partial charge in [-0.05, 0) is 39.5 Å². The van der Waals surface area contributed by atoms with Crippen molar-refractivity contribution in [1.82, 2.24) is 13.9 Å². The van der Waals surface area contributed by atoms with Gasteiger partial charge in [0.15, 0.2) is 0 Å². The average molecular weight is 335 g/mol. The molecule has 0 spiro atoms. The van der Waals surface area contributed by atoms with E-state index in [0.717, 1.165) is 12.8 Å². The molecule has 0 atom stereocenters. The molecule has 22 heavy (non-hydrogen) atoms. The van der Waals surface area contributed by atoms with Crippen molar-refractivity contribution in [1.29, 1.82) is 0 Å². The molecule has 1 rings (SSSR count). The largest absolute Gasteiger partial charge is 0.444 e. The van der Waals surface area contributed by atoms with Crippen molar-refractivity contribution in [2.45, 2.75) is 46.1 Å². The number of nitrogens with zero attached hydrogens (tertiary/aromatic N) is 2. The molecule has 1 amide bonds. The molecule has 1 aliphatic heterocycles. The molecule has 1 aliphatic rings. The van der Waals surface area contributed by atoms with Gasteiger partial charge in [-0.15, -0.1) is 0 Å². The molecule has 1 N–H and O–H groups in total. The molecule has 0 saturated carbocycles. The molecule has 130 valence electrons. The number of likely N-dealkylation sites (tertiary alicyclic amines) is 1. The Balaban J connectivity index is 2.44. The zero-order valence-electron chi connectivity index (χ0n) is 14.3. The zero-order chi connectivity index (χ0) is 17.0. The van der Waals surface area contributed by atoms with Crippen molar-refractivity contribution < 1.29 is 17.9 Å². The van der Waals surface area contributed by atoms with Crippen LogP contribution in [0, 0.1) is 5.92 Å². The van der Waals surface area contributed by atoms with Gasteiger partial charge in [-0.2, -0.15) is 12.7 Å². The minimum Gasteiger partial charge on any atom is -0.444 e. The minimum atomic E-state index is -3.39. The number of nitrogens with one attached hydrogen (secondary N) is 1. The maximum Gasteiger partial charge on any atom is 0.410 e. The molecular formula is C14H29N3O4S. The summed E-state index contributed by atoms with van der Waals surface area (Å²) in [6.07, 6.45) is 1.27. The van der Waals surface area contributed by atoms with Gasteiger partial charge in [-0.3, -0.25) is 0 Å². The highest BCUT2D eigenvalue weighted by atomic mass is 32.2. The third kappa shape index (κ3) is 6.10. The highest BCUT2D eigenvalue weighted by Crippen LogP contribution is 2.20. The Kier molecular flexibility index (Phi) is 6.64. The molecule has 0 aliphatic carbocycles. The second-order valence-corrected chi connectivity index (χ2v) is 8.56. The van der Waals surface area contributed by atoms with E-state index in [1.807, 2.05) is 20.8 Å². The second kappa shape index (κ2) is 7.61. The van der Waals surface area contributed by atoms with Gasteiger partial charge in [0, 0.05) is 33.2 Å². The summed E-state index contributed by atoms with van der Waals surface area (Å²) >= 11 is 0. The van der Waals surface area contributed by atoms with Crippen molar-refractivity contribution in [2.75, 3.05) is 33.2 Å². The summed E-state index contributed by atoms with van der Waals surface area (Å²) in [6, 6.07) is 0. The van der Waals surface area contributed by atoms with Crippen LogP contribution in [0.4, 0.5) is 4.79 Å². The SMILES string of the molecule is CCNS(=O)(=O)N(C)CC1CCN(C(=O)OC(C)(C)C)CC1. The molecule has 0 radical (unpaired) electrons. The van der Waals surface area contributed by atoms with Gasteiger partial charge >= 0.3 is 6.09 Å². The molecule has 8 heteroatoms. The molecule has 0 aromatic heterocycles. The Hall–Kier alpha value is -0.860. The molecular weight excluding hydrogens is 306 g/mol. The van der Waals surface area contributed by atoms with Crippen molar-refractivity contribution in [3.05, 3.63) is 0 Å². The molecule has 0 bridgehead atoms. The van der Waals surface area contributed by atoms with Crippen LogP contribution in [0.2, 0.25) is 0 Å². The van der Waals surface area contributed by atoms with Gasteiger partial charge < -0.3 is 9.64 Å². The number of rotatable bonds is 5. The van der Waals surface area contributed by atoms with E-state index in [-0.39, 0.29) is 12.0 Å². The first-order valence-electron chi connectivity index (χ1n) is 7.74. The minimum absolute atomic E-state index is 0.261. The van der Waals surface area contributed by atoms with E-state index in [9.17, 15) is 13.2 Å². The summed E-state index contributed by atoms with van der Waals surface area (Å²) in [5, 5.41) is 0. The fourth-order valence-electron chi connectivity index (χ4n) is 2.38. The quantitative estimate of drug-likeness (QED) is 0.824. The average Bonchev–Trinajstić information content (AvgIpc) is 2.37. The smallest absolute Gasteiger partial charge is 0.410 e. The number of hydrogen-bond donors (Lipinski definition) is 1. The van der Waals surface area contributed by atoms with Crippen LogP contribution in [0.5, 0.6) is 0 Å². The van der Waals surface area contributed by atoms with Gasteiger partial charge in [-0.25, -0.2) is 9.52 Å². The molecule has 1 saturated heterocycles. The highest BCUT2D eigenvalue weighted by Gasteiger charge is 2.28. The Morgan fingerprint density at radius 3 is 2.32 bits per heavy atom. The lowest BCUT2D eigenvalue weighted by molar-refractivity contribution is 0.0179. The standard InChI is InChI=1S/C14H29N3O4S/c1-6-15-22(19,20)16(5)11-12-7-9-17(10-8-12)13(18)21-14(2,3)4/h12,15H,6-11H2,1-5H3. The van der Waals surface area contributed by atoms with Crippen LogP contribution in [0.15, 0.2) is 0 Å². The third-order valence-corrected chi connectivity index (χ3v) is 5.14. The van der Waals surface area contributed by atoms with Gasteiger partial charge in [0.1, 0.15) is 5.60 Å². The fraction of sp³-hybridized carbons (Fsp3) is 0.929. The van der Waals surface area contributed by atoms with Gasteiger partial charge in [0.25, 0.3) is 10.2 Å². The van der Waals surface area contributed by atoms with E-state index in [1.165, 1.54) is 4.31 Å². The summed E-state index contributed by atoms with van der Waals surface area (Å²) in [4.78, 5) is 13.7. The van der Waals surface area contributed by atoms with Crippen LogP contribution in [-0.4, -0.2) is 62.5 Å². The maximum atomic E-state index is 12.0. The Labute approximate surface area is 134 Å². The Morgan fingerprint density at radius 2 is 1.86 bits per heavy atom. The highest BCUT2D eigenvalue weighted by molar-refractivity contribution is 7.87. The third-order valence-electron chi connectivity index (χ3n) is 3.52. The zero-order valence-corrected chi connectivity index (χ0v) is 15.1. The van der Waals surface area contributed by atoms with Gasteiger partial charge in [-0.1, -0.05) is 6.92 Å². The molecule has 1 fully saturated rings. The van der Waals surface area contributed by atoms with E-state index in [2.05, 4.69) is 4.72 Å². The first-order valence-corrected chi connectivity index (χ1v) is 9.18. The van der Waals surface area contributed by atoms with Crippen LogP contribution in [0.3, 0.4) is 0 Å². The van der Waals surface area contributed by atoms with Crippen molar-refractivity contribution in [2.24, 2.45) is 5.92 Å². The topological polar surface area (TPSA) is 79.0 Å². The van der Waals surface area contributed by atoms with E-state index in [4.69, 9.17) is 4.74 Å². The van der Waals surface area contributed by atoms with Crippen LogP contribution < -0.4 is 4.72 Å². The number of piperidine rings is 1. The van der Waals surface area contributed by atoms with Crippen molar-refractivity contribution in [3.63, 3.8) is 0 Å². The number of hydrogen-bond acceptors (Lipinski definition) is 4. The Bertz CT molecular complexity index is 465. The van der Waals surface area contributed by atoms with Crippen LogP contribution >= 0.6 is 0 Å². The lowest BCUT2D eigenvalue weighted by atomic mass is 9.97. The number of carbonyl (C=O) groups excluding carboxylic acids is 1. The van der Waals surface area contributed by atoms with Gasteiger partial charge in [0.2, 0.25) is 0 Å². The maximum absolute atomic E-state index is 12.0. The van der Waals surface area contributed by atoms with Crippen molar-refractivity contribution in [3.8, 4) is 0 Å². The van der Waals surface area contributed by atoms with E-state index < -0.39 is 15.8 Å². The van der Waals surface area contributed by atoms with Crippen LogP contribution in [-0.2, 0) is 14.9 Å². The first-order chi connectivity index (χ1) is 10.0. The molecule has 0 unspecified atom stereocenters. The fourth-order valence-corrected chi connectivity index (χ4v) is 3.37. The number of carbonyl (C=O) groups is 1. The van der Waals surface area contributed by atoms with Crippen molar-refractivity contribution >= 4 is 16.3 Å². The normalized spacial score (nSPS) is 17.8. The predicted octanol–water partition coefficient (Wildman–Crippen LogP) is 1.42. The lowest BCUT2D eigenvalue weighted by Gasteiger charge is -2.34. The van der Waals surface area contributed by atoms with Gasteiger partial charge in [0.05, 0.1) is 0 Å². The first kappa shape index (κ1) is 19.2. The molecule has 0 aromatic carbocycles. The number of ether oxygens (including phenoxy) is 1. The summed E-state index contributed by atoms with van der Waals surface area (Å²) in [5.74, 6) is 0.261. The lowest BCUT2D eigenvalue weighted by Crippen LogP contribution is -2.45. The molecule has 1 heterocycles.